The van der Waals surface area contributed by atoms with E-state index < -0.39 is 5.97 Å². The molecule has 0 N–H and O–H groups in total. The molecule has 0 aliphatic carbocycles. The lowest BCUT2D eigenvalue weighted by molar-refractivity contribution is -0.136. The lowest BCUT2D eigenvalue weighted by Crippen LogP contribution is -2.18. The van der Waals surface area contributed by atoms with Crippen LogP contribution in [0.1, 0.15) is 11.1 Å². The van der Waals surface area contributed by atoms with Gasteiger partial charge in [0.25, 0.3) is 0 Å². The molecule has 0 heterocycles. The molecule has 0 saturated carbocycles. The third-order valence-corrected chi connectivity index (χ3v) is 4.13. The average molecular weight is 414 g/mol. The summed E-state index contributed by atoms with van der Waals surface area (Å²) in [6, 6.07) is 11.1. The Labute approximate surface area is 140 Å². The molecule has 2 rings (SSSR count). The minimum Gasteiger partial charge on any atom is -0.481 e. The fourth-order valence-electron chi connectivity index (χ4n) is 1.72. The van der Waals surface area contributed by atoms with E-state index in [9.17, 15) is 4.79 Å². The van der Waals surface area contributed by atoms with E-state index in [4.69, 9.17) is 9.47 Å². The summed E-state index contributed by atoms with van der Waals surface area (Å²) in [4.78, 5) is 11.9. The number of benzene rings is 2. The summed E-state index contributed by atoms with van der Waals surface area (Å²) in [5, 5.41) is 0. The van der Waals surface area contributed by atoms with Crippen LogP contribution in [-0.4, -0.2) is 12.6 Å². The predicted molar refractivity (Wildman–Crippen MR) is 88.9 cm³/mol. The van der Waals surface area contributed by atoms with Crippen molar-refractivity contribution in [1.29, 1.82) is 0 Å². The first kappa shape index (κ1) is 16.0. The maximum atomic E-state index is 11.9. The maximum Gasteiger partial charge on any atom is 0.349 e. The molecule has 0 fully saturated rings. The summed E-state index contributed by atoms with van der Waals surface area (Å²) >= 11 is 6.74. The molecule has 2 aromatic rings. The Hall–Kier alpha value is -1.33. The fourth-order valence-corrected chi connectivity index (χ4v) is 2.88. The van der Waals surface area contributed by atoms with Crippen LogP contribution >= 0.6 is 31.9 Å². The molecule has 0 aromatic heterocycles. The largest absolute Gasteiger partial charge is 0.481 e. The lowest BCUT2D eigenvalue weighted by atomic mass is 10.1. The molecule has 0 aliphatic heterocycles. The Balaban J connectivity index is 1.97. The van der Waals surface area contributed by atoms with Gasteiger partial charge in [0.05, 0.1) is 4.47 Å². The first-order valence-corrected chi connectivity index (χ1v) is 7.90. The highest BCUT2D eigenvalue weighted by Crippen LogP contribution is 2.28. The molecular weight excluding hydrogens is 400 g/mol. The summed E-state index contributed by atoms with van der Waals surface area (Å²) in [6.45, 7) is 3.75. The number of esters is 1. The Morgan fingerprint density at radius 1 is 1.10 bits per heavy atom. The summed E-state index contributed by atoms with van der Waals surface area (Å²) in [6.07, 6.45) is 0. The fraction of sp³-hybridized carbons (Fsp3) is 0.188. The van der Waals surface area contributed by atoms with Crippen LogP contribution in [0.2, 0.25) is 0 Å². The molecule has 2 aromatic carbocycles. The van der Waals surface area contributed by atoms with Crippen LogP contribution in [0.15, 0.2) is 45.3 Å². The van der Waals surface area contributed by atoms with E-state index in [1.54, 1.807) is 12.1 Å². The second kappa shape index (κ2) is 7.09. The van der Waals surface area contributed by atoms with Crippen molar-refractivity contribution in [2.75, 3.05) is 6.61 Å². The summed E-state index contributed by atoms with van der Waals surface area (Å²) in [7, 11) is 0. The molecule has 0 saturated heterocycles. The Morgan fingerprint density at radius 2 is 1.86 bits per heavy atom. The van der Waals surface area contributed by atoms with Crippen molar-refractivity contribution in [2.24, 2.45) is 0 Å². The highest BCUT2D eigenvalue weighted by atomic mass is 79.9. The summed E-state index contributed by atoms with van der Waals surface area (Å²) in [5.74, 6) is 0.730. The van der Waals surface area contributed by atoms with Crippen LogP contribution in [0.25, 0.3) is 0 Å². The Bertz CT molecular complexity index is 669. The SMILES string of the molecule is Cc1cccc(OC(=O)COc2ccc(Br)cc2Br)c1C. The summed E-state index contributed by atoms with van der Waals surface area (Å²) in [5.41, 5.74) is 2.03. The standard InChI is InChI=1S/C16H14Br2O3/c1-10-4-3-5-14(11(10)2)21-16(19)9-20-15-7-6-12(17)8-13(15)18/h3-8H,9H2,1-2H3. The monoisotopic (exact) mass is 412 g/mol. The second-order valence-corrected chi connectivity index (χ2v) is 6.31. The van der Waals surface area contributed by atoms with E-state index in [0.29, 0.717) is 11.5 Å². The molecule has 0 spiro atoms. The molecule has 0 amide bonds. The first-order valence-electron chi connectivity index (χ1n) is 6.32. The molecule has 0 bridgehead atoms. The van der Waals surface area contributed by atoms with Crippen molar-refractivity contribution in [2.45, 2.75) is 13.8 Å². The van der Waals surface area contributed by atoms with E-state index in [0.717, 1.165) is 20.1 Å². The average Bonchev–Trinajstić information content (AvgIpc) is 2.43. The van der Waals surface area contributed by atoms with Gasteiger partial charge in [0.15, 0.2) is 6.61 Å². The molecule has 5 heteroatoms. The van der Waals surface area contributed by atoms with Crippen LogP contribution < -0.4 is 9.47 Å². The van der Waals surface area contributed by atoms with Crippen molar-refractivity contribution in [3.63, 3.8) is 0 Å². The van der Waals surface area contributed by atoms with Crippen molar-refractivity contribution in [1.82, 2.24) is 0 Å². The zero-order chi connectivity index (χ0) is 15.4. The van der Waals surface area contributed by atoms with E-state index in [-0.39, 0.29) is 6.61 Å². The zero-order valence-electron chi connectivity index (χ0n) is 11.7. The van der Waals surface area contributed by atoms with Crippen molar-refractivity contribution in [3.05, 3.63) is 56.5 Å². The van der Waals surface area contributed by atoms with Crippen LogP contribution in [0.4, 0.5) is 0 Å². The minimum absolute atomic E-state index is 0.145. The van der Waals surface area contributed by atoms with E-state index in [1.807, 2.05) is 38.1 Å². The number of carbonyl (C=O) groups excluding carboxylic acids is 1. The molecule has 0 radical (unpaired) electrons. The molecule has 110 valence electrons. The smallest absolute Gasteiger partial charge is 0.349 e. The predicted octanol–water partition coefficient (Wildman–Crippen LogP) is 4.81. The van der Waals surface area contributed by atoms with Crippen LogP contribution in [0, 0.1) is 13.8 Å². The van der Waals surface area contributed by atoms with Gasteiger partial charge in [0.2, 0.25) is 0 Å². The number of hydrogen-bond acceptors (Lipinski definition) is 3. The Morgan fingerprint density at radius 3 is 2.57 bits per heavy atom. The maximum absolute atomic E-state index is 11.9. The first-order chi connectivity index (χ1) is 9.97. The normalized spacial score (nSPS) is 10.3. The molecule has 0 unspecified atom stereocenters. The second-order valence-electron chi connectivity index (χ2n) is 4.54. The number of hydrogen-bond donors (Lipinski definition) is 0. The van der Waals surface area contributed by atoms with Gasteiger partial charge in [-0.2, -0.15) is 0 Å². The molecular formula is C16H14Br2O3. The van der Waals surface area contributed by atoms with Crippen molar-refractivity contribution >= 4 is 37.8 Å². The van der Waals surface area contributed by atoms with Crippen molar-refractivity contribution < 1.29 is 14.3 Å². The van der Waals surface area contributed by atoms with Gasteiger partial charge in [0.1, 0.15) is 11.5 Å². The van der Waals surface area contributed by atoms with Gasteiger partial charge in [-0.3, -0.25) is 0 Å². The van der Waals surface area contributed by atoms with Gasteiger partial charge in [-0.05, 0) is 65.2 Å². The number of aryl methyl sites for hydroxylation is 1. The highest BCUT2D eigenvalue weighted by molar-refractivity contribution is 9.11. The van der Waals surface area contributed by atoms with Gasteiger partial charge >= 0.3 is 5.97 Å². The molecule has 0 atom stereocenters. The topological polar surface area (TPSA) is 35.5 Å². The van der Waals surface area contributed by atoms with E-state index in [2.05, 4.69) is 31.9 Å². The van der Waals surface area contributed by atoms with Gasteiger partial charge in [-0.25, -0.2) is 4.79 Å². The number of rotatable bonds is 4. The van der Waals surface area contributed by atoms with Crippen LogP contribution in [-0.2, 0) is 4.79 Å². The van der Waals surface area contributed by atoms with E-state index >= 15 is 0 Å². The van der Waals surface area contributed by atoms with Gasteiger partial charge in [-0.1, -0.05) is 28.1 Å². The quantitative estimate of drug-likeness (QED) is 0.532. The van der Waals surface area contributed by atoms with Crippen molar-refractivity contribution in [3.8, 4) is 11.5 Å². The molecule has 0 aliphatic rings. The lowest BCUT2D eigenvalue weighted by Gasteiger charge is -2.11. The zero-order valence-corrected chi connectivity index (χ0v) is 14.8. The van der Waals surface area contributed by atoms with Crippen LogP contribution in [0.3, 0.4) is 0 Å². The summed E-state index contributed by atoms with van der Waals surface area (Å²) < 4.78 is 12.5. The third-order valence-electron chi connectivity index (χ3n) is 3.02. The third kappa shape index (κ3) is 4.32. The van der Waals surface area contributed by atoms with E-state index in [1.165, 1.54) is 0 Å². The van der Waals surface area contributed by atoms with Crippen LogP contribution in [0.5, 0.6) is 11.5 Å². The Kier molecular flexibility index (Phi) is 5.42. The highest BCUT2D eigenvalue weighted by Gasteiger charge is 2.10. The number of ether oxygens (including phenoxy) is 2. The molecule has 3 nitrogen and oxygen atoms in total. The minimum atomic E-state index is -0.432. The molecule has 21 heavy (non-hydrogen) atoms. The number of halogens is 2. The number of carbonyl (C=O) groups is 1. The van der Waals surface area contributed by atoms with Gasteiger partial charge < -0.3 is 9.47 Å². The van der Waals surface area contributed by atoms with Gasteiger partial charge in [0, 0.05) is 4.47 Å². The van der Waals surface area contributed by atoms with Gasteiger partial charge in [-0.15, -0.1) is 0 Å².